The fourth-order valence-corrected chi connectivity index (χ4v) is 1.90. The summed E-state index contributed by atoms with van der Waals surface area (Å²) in [6.45, 7) is 0.824. The lowest BCUT2D eigenvalue weighted by atomic mass is 10.2. The minimum absolute atomic E-state index is 0.153. The topological polar surface area (TPSA) is 8.17 Å². The van der Waals surface area contributed by atoms with Gasteiger partial charge >= 0.3 is 0 Å². The lowest BCUT2D eigenvalue weighted by Gasteiger charge is -2.10. The monoisotopic (exact) mass is 206 g/mol. The highest BCUT2D eigenvalue weighted by Gasteiger charge is 2.09. The van der Waals surface area contributed by atoms with Crippen LogP contribution in [0, 0.1) is 5.82 Å². The van der Waals surface area contributed by atoms with Gasteiger partial charge in [-0.1, -0.05) is 12.1 Å². The number of nitrogens with zero attached hydrogens (tertiary/aromatic N) is 2. The minimum atomic E-state index is -0.153. The summed E-state index contributed by atoms with van der Waals surface area (Å²) >= 11 is 0. The molecule has 3 heteroatoms. The van der Waals surface area contributed by atoms with Gasteiger partial charge in [0.25, 0.3) is 0 Å². The van der Waals surface area contributed by atoms with Crippen molar-refractivity contribution in [3.63, 3.8) is 0 Å². The van der Waals surface area contributed by atoms with Crippen molar-refractivity contribution in [3.05, 3.63) is 35.8 Å². The third kappa shape index (κ3) is 1.75. The Morgan fingerprint density at radius 2 is 2.07 bits per heavy atom. The molecule has 0 amide bonds. The molecule has 0 atom stereocenters. The van der Waals surface area contributed by atoms with E-state index in [0.717, 1.165) is 17.6 Å². The van der Waals surface area contributed by atoms with Crippen LogP contribution < -0.4 is 0 Å². The maximum absolute atomic E-state index is 13.6. The highest BCUT2D eigenvalue weighted by atomic mass is 19.1. The largest absolute Gasteiger partial charge is 0.344 e. The summed E-state index contributed by atoms with van der Waals surface area (Å²) in [4.78, 5) is 2.08. The smallest absolute Gasteiger partial charge is 0.147 e. The van der Waals surface area contributed by atoms with Crippen LogP contribution in [0.1, 0.15) is 5.69 Å². The molecule has 0 aliphatic carbocycles. The number of aromatic nitrogens is 1. The highest BCUT2D eigenvalue weighted by molar-refractivity contribution is 5.81. The number of para-hydroxylation sites is 1. The van der Waals surface area contributed by atoms with Gasteiger partial charge in [0.15, 0.2) is 0 Å². The SMILES string of the molecule is CN(C)Cc1cc2cccc(F)c2n1C. The average Bonchev–Trinajstić information content (AvgIpc) is 2.44. The Morgan fingerprint density at radius 1 is 1.33 bits per heavy atom. The molecule has 0 N–H and O–H groups in total. The first-order valence-corrected chi connectivity index (χ1v) is 4.97. The van der Waals surface area contributed by atoms with Crippen LogP contribution in [0.4, 0.5) is 4.39 Å². The van der Waals surface area contributed by atoms with Crippen molar-refractivity contribution in [2.75, 3.05) is 14.1 Å². The van der Waals surface area contributed by atoms with Crippen LogP contribution in [0.15, 0.2) is 24.3 Å². The van der Waals surface area contributed by atoms with Crippen LogP contribution in [0.3, 0.4) is 0 Å². The Balaban J connectivity index is 2.59. The molecule has 1 aromatic heterocycles. The average molecular weight is 206 g/mol. The third-order valence-corrected chi connectivity index (χ3v) is 2.58. The molecule has 0 saturated heterocycles. The third-order valence-electron chi connectivity index (χ3n) is 2.58. The number of halogens is 1. The van der Waals surface area contributed by atoms with Gasteiger partial charge in [-0.2, -0.15) is 0 Å². The summed E-state index contributed by atoms with van der Waals surface area (Å²) in [5.41, 5.74) is 1.81. The maximum atomic E-state index is 13.6. The second-order valence-corrected chi connectivity index (χ2v) is 4.11. The van der Waals surface area contributed by atoms with Crippen LogP contribution in [-0.2, 0) is 13.6 Å². The van der Waals surface area contributed by atoms with Gasteiger partial charge in [-0.3, -0.25) is 0 Å². The van der Waals surface area contributed by atoms with E-state index < -0.39 is 0 Å². The first-order valence-electron chi connectivity index (χ1n) is 4.97. The van der Waals surface area contributed by atoms with Gasteiger partial charge in [0, 0.05) is 24.7 Å². The van der Waals surface area contributed by atoms with E-state index in [9.17, 15) is 4.39 Å². The van der Waals surface area contributed by atoms with E-state index in [1.54, 1.807) is 6.07 Å². The van der Waals surface area contributed by atoms with Crippen molar-refractivity contribution in [1.82, 2.24) is 9.47 Å². The quantitative estimate of drug-likeness (QED) is 0.732. The lowest BCUT2D eigenvalue weighted by molar-refractivity contribution is 0.392. The molecule has 0 radical (unpaired) electrons. The molecule has 1 aromatic carbocycles. The van der Waals surface area contributed by atoms with E-state index in [1.807, 2.05) is 37.8 Å². The number of benzene rings is 1. The van der Waals surface area contributed by atoms with Gasteiger partial charge in [-0.05, 0) is 26.2 Å². The Hall–Kier alpha value is -1.35. The number of hydrogen-bond acceptors (Lipinski definition) is 1. The molecular weight excluding hydrogens is 191 g/mol. The molecule has 0 aliphatic heterocycles. The predicted molar refractivity (Wildman–Crippen MR) is 60.3 cm³/mol. The number of aryl methyl sites for hydroxylation is 1. The molecule has 2 nitrogen and oxygen atoms in total. The van der Waals surface area contributed by atoms with Crippen molar-refractivity contribution < 1.29 is 4.39 Å². The summed E-state index contributed by atoms with van der Waals surface area (Å²) in [6, 6.07) is 7.23. The fourth-order valence-electron chi connectivity index (χ4n) is 1.90. The van der Waals surface area contributed by atoms with Crippen LogP contribution in [0.25, 0.3) is 10.9 Å². The number of rotatable bonds is 2. The van der Waals surface area contributed by atoms with Crippen molar-refractivity contribution in [2.45, 2.75) is 6.54 Å². The molecule has 15 heavy (non-hydrogen) atoms. The van der Waals surface area contributed by atoms with Crippen LogP contribution in [0.2, 0.25) is 0 Å². The van der Waals surface area contributed by atoms with E-state index in [4.69, 9.17) is 0 Å². The molecular formula is C12H15FN2. The summed E-state index contributed by atoms with van der Waals surface area (Å²) in [5.74, 6) is -0.153. The molecule has 1 heterocycles. The molecule has 2 rings (SSSR count). The van der Waals surface area contributed by atoms with Gasteiger partial charge in [0.2, 0.25) is 0 Å². The van der Waals surface area contributed by atoms with Gasteiger partial charge in [0.1, 0.15) is 5.82 Å². The summed E-state index contributed by atoms with van der Waals surface area (Å²) < 4.78 is 15.5. The second kappa shape index (κ2) is 3.66. The molecule has 2 aromatic rings. The Kier molecular flexibility index (Phi) is 2.49. The van der Waals surface area contributed by atoms with Crippen LogP contribution >= 0.6 is 0 Å². The van der Waals surface area contributed by atoms with E-state index >= 15 is 0 Å². The number of hydrogen-bond donors (Lipinski definition) is 0. The van der Waals surface area contributed by atoms with Crippen molar-refractivity contribution in [2.24, 2.45) is 7.05 Å². The second-order valence-electron chi connectivity index (χ2n) is 4.11. The van der Waals surface area contributed by atoms with Crippen LogP contribution in [-0.4, -0.2) is 23.6 Å². The summed E-state index contributed by atoms with van der Waals surface area (Å²) in [5, 5.41) is 0.967. The predicted octanol–water partition coefficient (Wildman–Crippen LogP) is 2.38. The molecule has 0 fully saturated rings. The van der Waals surface area contributed by atoms with Crippen molar-refractivity contribution in [1.29, 1.82) is 0 Å². The van der Waals surface area contributed by atoms with E-state index in [1.165, 1.54) is 6.07 Å². The standard InChI is InChI=1S/C12H15FN2/c1-14(2)8-10-7-9-5-4-6-11(13)12(9)15(10)3/h4-7H,8H2,1-3H3. The van der Waals surface area contributed by atoms with Crippen LogP contribution in [0.5, 0.6) is 0 Å². The maximum Gasteiger partial charge on any atom is 0.147 e. The zero-order valence-electron chi connectivity index (χ0n) is 9.29. The van der Waals surface area contributed by atoms with Gasteiger partial charge in [0.05, 0.1) is 5.52 Å². The number of fused-ring (bicyclic) bond motifs is 1. The van der Waals surface area contributed by atoms with Crippen molar-refractivity contribution >= 4 is 10.9 Å². The molecule has 0 spiro atoms. The molecule has 0 saturated carbocycles. The fraction of sp³-hybridized carbons (Fsp3) is 0.333. The first-order chi connectivity index (χ1) is 7.09. The zero-order chi connectivity index (χ0) is 11.0. The first kappa shape index (κ1) is 10.2. The molecule has 0 aliphatic rings. The zero-order valence-corrected chi connectivity index (χ0v) is 9.29. The van der Waals surface area contributed by atoms with E-state index in [-0.39, 0.29) is 5.82 Å². The normalized spacial score (nSPS) is 11.5. The Bertz CT molecular complexity index is 486. The Morgan fingerprint density at radius 3 is 2.67 bits per heavy atom. The van der Waals surface area contributed by atoms with Gasteiger partial charge in [-0.25, -0.2) is 4.39 Å². The molecule has 0 bridgehead atoms. The summed E-state index contributed by atoms with van der Waals surface area (Å²) in [6.07, 6.45) is 0. The summed E-state index contributed by atoms with van der Waals surface area (Å²) in [7, 11) is 5.92. The molecule has 80 valence electrons. The molecule has 0 unspecified atom stereocenters. The van der Waals surface area contributed by atoms with Gasteiger partial charge < -0.3 is 9.47 Å². The van der Waals surface area contributed by atoms with Gasteiger partial charge in [-0.15, -0.1) is 0 Å². The Labute approximate surface area is 88.9 Å². The minimum Gasteiger partial charge on any atom is -0.344 e. The van der Waals surface area contributed by atoms with E-state index in [0.29, 0.717) is 5.52 Å². The lowest BCUT2D eigenvalue weighted by Crippen LogP contribution is -2.13. The van der Waals surface area contributed by atoms with E-state index in [2.05, 4.69) is 4.90 Å². The van der Waals surface area contributed by atoms with Crippen molar-refractivity contribution in [3.8, 4) is 0 Å². The highest BCUT2D eigenvalue weighted by Crippen LogP contribution is 2.21.